The summed E-state index contributed by atoms with van der Waals surface area (Å²) in [5.74, 6) is -0.894. The molecule has 0 radical (unpaired) electrons. The molecule has 0 aliphatic carbocycles. The third kappa shape index (κ3) is 46.4. The molecule has 0 fully saturated rings. The van der Waals surface area contributed by atoms with Gasteiger partial charge in [-0.05, 0) is 77.0 Å². The second-order valence-electron chi connectivity index (χ2n) is 17.1. The SMILES string of the molecule is CC/C=C\C/C=C\C/C=C\CCCCCCCC(=O)OC[C@H](COC(=O)CCCCCCCCCCCCCC)OC(=O)CCCCCCCCC/C=C\CCCCCC. The highest BCUT2D eigenvalue weighted by Gasteiger charge is 2.19. The normalized spacial score (nSPS) is 12.4. The average Bonchev–Trinajstić information content (AvgIpc) is 3.24. The number of rotatable bonds is 46. The van der Waals surface area contributed by atoms with Crippen molar-refractivity contribution < 1.29 is 28.6 Å². The van der Waals surface area contributed by atoms with E-state index in [9.17, 15) is 14.4 Å². The third-order valence-corrected chi connectivity index (χ3v) is 11.1. The Balaban J connectivity index is 4.39. The monoisotopic (exact) mass is 841 g/mol. The van der Waals surface area contributed by atoms with Gasteiger partial charge in [0.05, 0.1) is 0 Å². The zero-order chi connectivity index (χ0) is 43.7. The fourth-order valence-corrected chi connectivity index (χ4v) is 7.22. The number of ether oxygens (including phenoxy) is 3. The van der Waals surface area contributed by atoms with Gasteiger partial charge in [-0.15, -0.1) is 0 Å². The number of hydrogen-bond acceptors (Lipinski definition) is 6. The maximum Gasteiger partial charge on any atom is 0.306 e. The predicted molar refractivity (Wildman–Crippen MR) is 256 cm³/mol. The van der Waals surface area contributed by atoms with Gasteiger partial charge >= 0.3 is 17.9 Å². The van der Waals surface area contributed by atoms with Gasteiger partial charge in [-0.2, -0.15) is 0 Å². The second-order valence-corrected chi connectivity index (χ2v) is 17.1. The number of unbranched alkanes of at least 4 members (excludes halogenated alkanes) is 27. The van der Waals surface area contributed by atoms with E-state index in [1.165, 1.54) is 122 Å². The molecule has 0 saturated carbocycles. The molecule has 6 heteroatoms. The molecule has 0 saturated heterocycles. The molecule has 0 spiro atoms. The van der Waals surface area contributed by atoms with E-state index in [4.69, 9.17) is 14.2 Å². The molecule has 0 aromatic heterocycles. The molecule has 0 rings (SSSR count). The molecule has 0 aliphatic heterocycles. The number of carbonyl (C=O) groups excluding carboxylic acids is 3. The Bertz CT molecular complexity index is 1060. The summed E-state index contributed by atoms with van der Waals surface area (Å²) < 4.78 is 16.8. The molecule has 0 unspecified atom stereocenters. The van der Waals surface area contributed by atoms with Gasteiger partial charge in [0.15, 0.2) is 6.10 Å². The molecule has 0 bridgehead atoms. The van der Waals surface area contributed by atoms with Crippen molar-refractivity contribution in [3.63, 3.8) is 0 Å². The largest absolute Gasteiger partial charge is 0.462 e. The summed E-state index contributed by atoms with van der Waals surface area (Å²) in [6.07, 6.45) is 58.0. The Morgan fingerprint density at radius 2 is 0.650 bits per heavy atom. The number of hydrogen-bond donors (Lipinski definition) is 0. The fourth-order valence-electron chi connectivity index (χ4n) is 7.22. The smallest absolute Gasteiger partial charge is 0.306 e. The minimum Gasteiger partial charge on any atom is -0.462 e. The molecule has 60 heavy (non-hydrogen) atoms. The van der Waals surface area contributed by atoms with Crippen LogP contribution < -0.4 is 0 Å². The molecule has 348 valence electrons. The lowest BCUT2D eigenvalue weighted by Gasteiger charge is -2.18. The summed E-state index contributed by atoms with van der Waals surface area (Å²) in [7, 11) is 0. The van der Waals surface area contributed by atoms with Crippen molar-refractivity contribution in [2.75, 3.05) is 13.2 Å². The third-order valence-electron chi connectivity index (χ3n) is 11.1. The zero-order valence-corrected chi connectivity index (χ0v) is 39.7. The van der Waals surface area contributed by atoms with Crippen LogP contribution in [0.4, 0.5) is 0 Å². The standard InChI is InChI=1S/C54H96O6/c1-4-7-10-13-16-19-22-25-27-29-32-35-38-41-44-47-53(56)59-50-51(49-58-52(55)46-43-40-37-34-31-24-21-18-15-12-9-6-3)60-54(57)48-45-42-39-36-33-30-28-26-23-20-17-14-11-8-5-2/h7,10,16,19-20,23,25,27,51H,4-6,8-9,11-15,17-18,21-22,24,26,28-50H2,1-3H3/b10-7-,19-16-,23-20-,27-25-/t51-/m0/s1. The van der Waals surface area contributed by atoms with Crippen molar-refractivity contribution in [3.8, 4) is 0 Å². The molecule has 0 aliphatic rings. The number of allylic oxidation sites excluding steroid dienone is 8. The summed E-state index contributed by atoms with van der Waals surface area (Å²) in [6.45, 7) is 6.50. The van der Waals surface area contributed by atoms with Crippen LogP contribution >= 0.6 is 0 Å². The molecule has 0 amide bonds. The minimum absolute atomic E-state index is 0.0782. The molecule has 1 atom stereocenters. The van der Waals surface area contributed by atoms with Crippen LogP contribution in [0.1, 0.15) is 258 Å². The maximum atomic E-state index is 12.8. The first kappa shape index (κ1) is 57.4. The van der Waals surface area contributed by atoms with Crippen LogP contribution in [0.15, 0.2) is 48.6 Å². The van der Waals surface area contributed by atoms with Crippen LogP contribution in [0.2, 0.25) is 0 Å². The lowest BCUT2D eigenvalue weighted by molar-refractivity contribution is -0.167. The molecule has 0 N–H and O–H groups in total. The van der Waals surface area contributed by atoms with Crippen molar-refractivity contribution >= 4 is 17.9 Å². The van der Waals surface area contributed by atoms with Crippen LogP contribution in [0.3, 0.4) is 0 Å². The van der Waals surface area contributed by atoms with Crippen molar-refractivity contribution in [1.82, 2.24) is 0 Å². The van der Waals surface area contributed by atoms with Crippen LogP contribution in [-0.4, -0.2) is 37.2 Å². The van der Waals surface area contributed by atoms with E-state index >= 15 is 0 Å². The number of esters is 3. The van der Waals surface area contributed by atoms with Crippen molar-refractivity contribution in [3.05, 3.63) is 48.6 Å². The van der Waals surface area contributed by atoms with Crippen LogP contribution in [-0.2, 0) is 28.6 Å². The van der Waals surface area contributed by atoms with E-state index in [1.807, 2.05) is 0 Å². The molecule has 0 aromatic carbocycles. The first-order valence-corrected chi connectivity index (χ1v) is 25.6. The number of carbonyl (C=O) groups is 3. The van der Waals surface area contributed by atoms with Gasteiger partial charge in [0.2, 0.25) is 0 Å². The van der Waals surface area contributed by atoms with Gasteiger partial charge < -0.3 is 14.2 Å². The Kier molecular flexibility index (Phi) is 46.9. The predicted octanol–water partition coefficient (Wildman–Crippen LogP) is 16.7. The van der Waals surface area contributed by atoms with Crippen LogP contribution in [0.25, 0.3) is 0 Å². The quantitative estimate of drug-likeness (QED) is 0.0263. The Morgan fingerprint density at radius 1 is 0.350 bits per heavy atom. The van der Waals surface area contributed by atoms with Gasteiger partial charge in [-0.3, -0.25) is 14.4 Å². The van der Waals surface area contributed by atoms with E-state index in [1.54, 1.807) is 0 Å². The second kappa shape index (κ2) is 49.0. The highest BCUT2D eigenvalue weighted by Crippen LogP contribution is 2.15. The molecule has 0 heterocycles. The maximum absolute atomic E-state index is 12.8. The highest BCUT2D eigenvalue weighted by molar-refractivity contribution is 5.71. The van der Waals surface area contributed by atoms with Gasteiger partial charge in [-0.1, -0.05) is 211 Å². The first-order chi connectivity index (χ1) is 29.5. The average molecular weight is 841 g/mol. The molecule has 6 nitrogen and oxygen atoms in total. The van der Waals surface area contributed by atoms with Gasteiger partial charge in [0.25, 0.3) is 0 Å². The van der Waals surface area contributed by atoms with E-state index < -0.39 is 6.10 Å². The van der Waals surface area contributed by atoms with E-state index in [0.717, 1.165) is 96.3 Å². The minimum atomic E-state index is -0.779. The Labute approximate surface area is 371 Å². The first-order valence-electron chi connectivity index (χ1n) is 25.6. The topological polar surface area (TPSA) is 78.9 Å². The van der Waals surface area contributed by atoms with Gasteiger partial charge in [0.1, 0.15) is 13.2 Å². The Hall–Kier alpha value is -2.63. The fraction of sp³-hybridized carbons (Fsp3) is 0.796. The van der Waals surface area contributed by atoms with E-state index in [2.05, 4.69) is 69.4 Å². The Morgan fingerprint density at radius 3 is 1.05 bits per heavy atom. The molecular weight excluding hydrogens is 745 g/mol. The summed E-state index contributed by atoms with van der Waals surface area (Å²) in [6, 6.07) is 0. The zero-order valence-electron chi connectivity index (χ0n) is 39.7. The van der Waals surface area contributed by atoms with Crippen molar-refractivity contribution in [2.45, 2.75) is 264 Å². The molecular formula is C54H96O6. The van der Waals surface area contributed by atoms with Crippen LogP contribution in [0.5, 0.6) is 0 Å². The van der Waals surface area contributed by atoms with Gasteiger partial charge in [0, 0.05) is 19.3 Å². The lowest BCUT2D eigenvalue weighted by atomic mass is 10.0. The summed E-state index contributed by atoms with van der Waals surface area (Å²) in [5.41, 5.74) is 0. The lowest BCUT2D eigenvalue weighted by Crippen LogP contribution is -2.30. The summed E-state index contributed by atoms with van der Waals surface area (Å²) in [5, 5.41) is 0. The molecule has 0 aromatic rings. The van der Waals surface area contributed by atoms with Crippen molar-refractivity contribution in [1.29, 1.82) is 0 Å². The summed E-state index contributed by atoms with van der Waals surface area (Å²) in [4.78, 5) is 37.9. The van der Waals surface area contributed by atoms with Crippen LogP contribution in [0, 0.1) is 0 Å². The van der Waals surface area contributed by atoms with Crippen molar-refractivity contribution in [2.24, 2.45) is 0 Å². The highest BCUT2D eigenvalue weighted by atomic mass is 16.6. The van der Waals surface area contributed by atoms with Gasteiger partial charge in [-0.25, -0.2) is 0 Å². The summed E-state index contributed by atoms with van der Waals surface area (Å²) >= 11 is 0. The van der Waals surface area contributed by atoms with E-state index in [0.29, 0.717) is 19.3 Å². The van der Waals surface area contributed by atoms with E-state index in [-0.39, 0.29) is 31.1 Å².